The monoisotopic (exact) mass is 236 g/mol. The van der Waals surface area contributed by atoms with Crippen molar-refractivity contribution < 1.29 is 4.39 Å². The van der Waals surface area contributed by atoms with E-state index in [1.54, 1.807) is 12.1 Å². The zero-order valence-electron chi connectivity index (χ0n) is 5.94. The molecule has 0 aliphatic rings. The van der Waals surface area contributed by atoms with Crippen molar-refractivity contribution in [1.29, 1.82) is 0 Å². The Morgan fingerprint density at radius 3 is 2.64 bits per heavy atom. The van der Waals surface area contributed by atoms with Crippen LogP contribution < -0.4 is 0 Å². The van der Waals surface area contributed by atoms with Crippen LogP contribution in [0.15, 0.2) is 18.2 Å². The summed E-state index contributed by atoms with van der Waals surface area (Å²) in [6.07, 6.45) is 0. The number of alkyl halides is 1. The summed E-state index contributed by atoms with van der Waals surface area (Å²) in [4.78, 5) is 0.00111. The third kappa shape index (κ3) is 1.94. The molecule has 0 spiro atoms. The number of benzene rings is 1. The van der Waals surface area contributed by atoms with Crippen molar-refractivity contribution in [3.63, 3.8) is 0 Å². The van der Waals surface area contributed by atoms with Crippen LogP contribution in [0, 0.1) is 5.82 Å². The molecule has 0 fully saturated rings. The Morgan fingerprint density at radius 1 is 1.55 bits per heavy atom. The van der Waals surface area contributed by atoms with Gasteiger partial charge in [0.25, 0.3) is 0 Å². The lowest BCUT2D eigenvalue weighted by Crippen LogP contribution is -1.89. The molecule has 0 aliphatic heterocycles. The first-order valence-electron chi connectivity index (χ1n) is 3.21. The molecule has 0 nitrogen and oxygen atoms in total. The Morgan fingerprint density at radius 2 is 2.18 bits per heavy atom. The topological polar surface area (TPSA) is 0 Å². The van der Waals surface area contributed by atoms with Gasteiger partial charge in [-0.25, -0.2) is 4.39 Å². The highest BCUT2D eigenvalue weighted by Crippen LogP contribution is 2.27. The number of halogens is 3. The van der Waals surface area contributed by atoms with Gasteiger partial charge in [-0.2, -0.15) is 0 Å². The fourth-order valence-corrected chi connectivity index (χ4v) is 1.36. The van der Waals surface area contributed by atoms with E-state index in [9.17, 15) is 4.39 Å². The Labute approximate surface area is 78.5 Å². The van der Waals surface area contributed by atoms with Crippen LogP contribution in [0.3, 0.4) is 0 Å². The lowest BCUT2D eigenvalue weighted by atomic mass is 10.1. The van der Waals surface area contributed by atoms with Gasteiger partial charge in [0, 0.05) is 10.4 Å². The third-order valence-corrected chi connectivity index (χ3v) is 2.20. The molecule has 0 unspecified atom stereocenters. The molecule has 1 aromatic carbocycles. The molecule has 0 heterocycles. The Balaban J connectivity index is 3.17. The highest BCUT2D eigenvalue weighted by Gasteiger charge is 2.09. The van der Waals surface area contributed by atoms with Crippen LogP contribution in [0.5, 0.6) is 0 Å². The van der Waals surface area contributed by atoms with Crippen LogP contribution in [0.1, 0.15) is 17.3 Å². The van der Waals surface area contributed by atoms with Crippen molar-refractivity contribution in [3.8, 4) is 0 Å². The summed E-state index contributed by atoms with van der Waals surface area (Å²) in [6.45, 7) is 1.86. The van der Waals surface area contributed by atoms with Gasteiger partial charge in [0.2, 0.25) is 0 Å². The third-order valence-electron chi connectivity index (χ3n) is 1.41. The van der Waals surface area contributed by atoms with Crippen molar-refractivity contribution in [2.75, 3.05) is 0 Å². The molecule has 0 amide bonds. The van der Waals surface area contributed by atoms with E-state index in [4.69, 9.17) is 11.6 Å². The molecule has 0 radical (unpaired) electrons. The number of rotatable bonds is 1. The second kappa shape index (κ2) is 3.55. The molecule has 0 N–H and O–H groups in total. The van der Waals surface area contributed by atoms with Gasteiger partial charge in [-0.15, -0.1) is 0 Å². The lowest BCUT2D eigenvalue weighted by Gasteiger charge is -2.05. The Hall–Kier alpha value is -0.0800. The summed E-state index contributed by atoms with van der Waals surface area (Å²) < 4.78 is 13.1. The molecule has 11 heavy (non-hydrogen) atoms. The van der Waals surface area contributed by atoms with E-state index in [1.807, 2.05) is 6.92 Å². The van der Waals surface area contributed by atoms with Crippen molar-refractivity contribution in [3.05, 3.63) is 34.6 Å². The molecule has 3 heteroatoms. The molecule has 1 aromatic rings. The Bertz CT molecular complexity index is 260. The van der Waals surface area contributed by atoms with Gasteiger partial charge in [-0.1, -0.05) is 39.7 Å². The standard InChI is InChI=1S/C8H7BrClF/c1-5(9)6-3-2-4-7(10)8(6)11/h2-5H,1H3/t5-/m1/s1. The first kappa shape index (κ1) is 9.01. The maximum absolute atomic E-state index is 13.1. The molecular weight excluding hydrogens is 230 g/mol. The largest absolute Gasteiger partial charge is 0.205 e. The quantitative estimate of drug-likeness (QED) is 0.649. The van der Waals surface area contributed by atoms with Gasteiger partial charge >= 0.3 is 0 Å². The molecule has 0 bridgehead atoms. The van der Waals surface area contributed by atoms with Crippen LogP contribution >= 0.6 is 27.5 Å². The maximum Gasteiger partial charge on any atom is 0.146 e. The highest BCUT2D eigenvalue weighted by molar-refractivity contribution is 9.09. The van der Waals surface area contributed by atoms with Crippen LogP contribution in [0.4, 0.5) is 4.39 Å². The van der Waals surface area contributed by atoms with Crippen molar-refractivity contribution in [2.24, 2.45) is 0 Å². The summed E-state index contributed by atoms with van der Waals surface area (Å²) in [5.74, 6) is -0.335. The van der Waals surface area contributed by atoms with Gasteiger partial charge in [0.05, 0.1) is 5.02 Å². The van der Waals surface area contributed by atoms with E-state index >= 15 is 0 Å². The fraction of sp³-hybridized carbons (Fsp3) is 0.250. The molecule has 60 valence electrons. The predicted molar refractivity (Wildman–Crippen MR) is 48.8 cm³/mol. The second-order valence-electron chi connectivity index (χ2n) is 2.26. The van der Waals surface area contributed by atoms with Crippen LogP contribution in [0.25, 0.3) is 0 Å². The fourth-order valence-electron chi connectivity index (χ4n) is 0.828. The van der Waals surface area contributed by atoms with Gasteiger partial charge in [0.15, 0.2) is 0 Å². The number of hydrogen-bond donors (Lipinski definition) is 0. The molecule has 1 atom stereocenters. The summed E-state index contributed by atoms with van der Waals surface area (Å²) in [7, 11) is 0. The van der Waals surface area contributed by atoms with Gasteiger partial charge in [0.1, 0.15) is 5.82 Å². The van der Waals surface area contributed by atoms with Crippen LogP contribution in [-0.4, -0.2) is 0 Å². The van der Waals surface area contributed by atoms with E-state index < -0.39 is 0 Å². The number of hydrogen-bond acceptors (Lipinski definition) is 0. The second-order valence-corrected chi connectivity index (χ2v) is 4.04. The summed E-state index contributed by atoms with van der Waals surface area (Å²) in [5.41, 5.74) is 0.595. The molecule has 0 aromatic heterocycles. The van der Waals surface area contributed by atoms with Gasteiger partial charge in [-0.3, -0.25) is 0 Å². The Kier molecular flexibility index (Phi) is 2.90. The van der Waals surface area contributed by atoms with Gasteiger partial charge < -0.3 is 0 Å². The zero-order chi connectivity index (χ0) is 8.43. The first-order chi connectivity index (χ1) is 5.13. The zero-order valence-corrected chi connectivity index (χ0v) is 8.29. The van der Waals surface area contributed by atoms with E-state index in [1.165, 1.54) is 6.07 Å². The normalized spacial score (nSPS) is 13.1. The molecule has 1 rings (SSSR count). The highest BCUT2D eigenvalue weighted by atomic mass is 79.9. The SMILES string of the molecule is C[C@@H](Br)c1cccc(Cl)c1F. The smallest absolute Gasteiger partial charge is 0.146 e. The first-order valence-corrected chi connectivity index (χ1v) is 4.50. The maximum atomic E-state index is 13.1. The minimum Gasteiger partial charge on any atom is -0.205 e. The van der Waals surface area contributed by atoms with Crippen LogP contribution in [-0.2, 0) is 0 Å². The van der Waals surface area contributed by atoms with Gasteiger partial charge in [-0.05, 0) is 13.0 Å². The van der Waals surface area contributed by atoms with E-state index in [2.05, 4.69) is 15.9 Å². The van der Waals surface area contributed by atoms with Crippen LogP contribution in [0.2, 0.25) is 5.02 Å². The lowest BCUT2D eigenvalue weighted by molar-refractivity contribution is 0.612. The summed E-state index contributed by atoms with van der Waals surface area (Å²) in [6, 6.07) is 4.98. The van der Waals surface area contributed by atoms with E-state index in [0.29, 0.717) is 5.56 Å². The minimum absolute atomic E-state index is 0.00111. The average molecular weight is 237 g/mol. The predicted octanol–water partition coefficient (Wildman–Crippen LogP) is 3.94. The van der Waals surface area contributed by atoms with E-state index in [-0.39, 0.29) is 15.7 Å². The molecule has 0 saturated carbocycles. The molecule has 0 aliphatic carbocycles. The summed E-state index contributed by atoms with van der Waals surface area (Å²) in [5, 5.41) is 0.175. The van der Waals surface area contributed by atoms with Crippen molar-refractivity contribution in [1.82, 2.24) is 0 Å². The van der Waals surface area contributed by atoms with Crippen molar-refractivity contribution in [2.45, 2.75) is 11.8 Å². The summed E-state index contributed by atoms with van der Waals surface area (Å²) >= 11 is 8.83. The minimum atomic E-state index is -0.335. The molecular formula is C8H7BrClF. The molecule has 0 saturated heterocycles. The van der Waals surface area contributed by atoms with Crippen molar-refractivity contribution >= 4 is 27.5 Å². The average Bonchev–Trinajstić information content (AvgIpc) is 1.94. The van der Waals surface area contributed by atoms with E-state index in [0.717, 1.165) is 0 Å².